The van der Waals surface area contributed by atoms with Crippen molar-refractivity contribution in [3.05, 3.63) is 0 Å². The van der Waals surface area contributed by atoms with Gasteiger partial charge in [0, 0.05) is 5.92 Å². The highest BCUT2D eigenvalue weighted by Crippen LogP contribution is 2.25. The third-order valence-electron chi connectivity index (χ3n) is 2.77. The molecular weight excluding hydrogens is 182 g/mol. The summed E-state index contributed by atoms with van der Waals surface area (Å²) < 4.78 is 0. The van der Waals surface area contributed by atoms with Crippen LogP contribution in [0.5, 0.6) is 0 Å². The second-order valence-corrected chi connectivity index (χ2v) is 3.94. The lowest BCUT2D eigenvalue weighted by atomic mass is 9.83. The first kappa shape index (κ1) is 11.2. The molecule has 1 rings (SSSR count). The fourth-order valence-corrected chi connectivity index (χ4v) is 1.98. The number of Topliss-reactive ketones (excluding diaryl/α,β-unsaturated/α-hetero) is 1. The van der Waals surface area contributed by atoms with E-state index in [0.717, 1.165) is 25.7 Å². The molecule has 0 bridgehead atoms. The average molecular weight is 199 g/mol. The van der Waals surface area contributed by atoms with Crippen molar-refractivity contribution in [2.24, 2.45) is 11.7 Å². The van der Waals surface area contributed by atoms with Gasteiger partial charge in [0.1, 0.15) is 0 Å². The highest BCUT2D eigenvalue weighted by atomic mass is 16.4. The highest BCUT2D eigenvalue weighted by molar-refractivity contribution is 5.89. The molecule has 1 unspecified atom stereocenters. The summed E-state index contributed by atoms with van der Waals surface area (Å²) in [6.45, 7) is 0. The first-order chi connectivity index (χ1) is 6.61. The van der Waals surface area contributed by atoms with Crippen LogP contribution in [0.2, 0.25) is 0 Å². The summed E-state index contributed by atoms with van der Waals surface area (Å²) in [6.07, 6.45) is 4.83. The maximum atomic E-state index is 11.6. The molecule has 14 heavy (non-hydrogen) atoms. The molecule has 1 aliphatic carbocycles. The number of nitrogens with two attached hydrogens (primary N) is 1. The van der Waals surface area contributed by atoms with Gasteiger partial charge in [-0.05, 0) is 12.8 Å². The highest BCUT2D eigenvalue weighted by Gasteiger charge is 2.26. The van der Waals surface area contributed by atoms with Crippen molar-refractivity contribution < 1.29 is 14.7 Å². The number of ketones is 1. The van der Waals surface area contributed by atoms with Gasteiger partial charge in [-0.25, -0.2) is 0 Å². The molecular formula is C10H17NO3. The van der Waals surface area contributed by atoms with Gasteiger partial charge in [-0.15, -0.1) is 0 Å². The van der Waals surface area contributed by atoms with Crippen LogP contribution in [-0.4, -0.2) is 22.9 Å². The van der Waals surface area contributed by atoms with Crippen LogP contribution in [0.15, 0.2) is 0 Å². The van der Waals surface area contributed by atoms with E-state index in [4.69, 9.17) is 10.8 Å². The van der Waals surface area contributed by atoms with Crippen LogP contribution in [0.4, 0.5) is 0 Å². The minimum Gasteiger partial charge on any atom is -0.481 e. The second kappa shape index (κ2) is 5.10. The Morgan fingerprint density at radius 1 is 1.29 bits per heavy atom. The molecule has 3 N–H and O–H groups in total. The third-order valence-corrected chi connectivity index (χ3v) is 2.77. The Hall–Kier alpha value is -0.900. The summed E-state index contributed by atoms with van der Waals surface area (Å²) in [5.41, 5.74) is 5.52. The van der Waals surface area contributed by atoms with Crippen molar-refractivity contribution in [3.63, 3.8) is 0 Å². The lowest BCUT2D eigenvalue weighted by Crippen LogP contribution is -2.38. The Morgan fingerprint density at radius 3 is 2.36 bits per heavy atom. The van der Waals surface area contributed by atoms with Crippen molar-refractivity contribution in [3.8, 4) is 0 Å². The van der Waals surface area contributed by atoms with Crippen LogP contribution in [0.25, 0.3) is 0 Å². The number of carboxylic acid groups (broad SMARTS) is 1. The quantitative estimate of drug-likeness (QED) is 0.706. The van der Waals surface area contributed by atoms with E-state index < -0.39 is 12.0 Å². The zero-order valence-electron chi connectivity index (χ0n) is 8.24. The van der Waals surface area contributed by atoms with Crippen molar-refractivity contribution >= 4 is 11.8 Å². The molecule has 4 nitrogen and oxygen atoms in total. The van der Waals surface area contributed by atoms with Gasteiger partial charge in [0.25, 0.3) is 0 Å². The Bertz CT molecular complexity index is 221. The van der Waals surface area contributed by atoms with Crippen LogP contribution in [0.1, 0.15) is 38.5 Å². The summed E-state index contributed by atoms with van der Waals surface area (Å²) in [6, 6.07) is -0.810. The smallest absolute Gasteiger partial charge is 0.305 e. The maximum absolute atomic E-state index is 11.6. The van der Waals surface area contributed by atoms with E-state index in [1.165, 1.54) is 6.42 Å². The van der Waals surface area contributed by atoms with Gasteiger partial charge in [0.2, 0.25) is 0 Å². The molecule has 0 saturated heterocycles. The molecule has 4 heteroatoms. The van der Waals surface area contributed by atoms with Crippen LogP contribution in [0, 0.1) is 5.92 Å². The second-order valence-electron chi connectivity index (χ2n) is 3.94. The number of aliphatic carboxylic acids is 1. The molecule has 1 aliphatic rings. The minimum atomic E-state index is -0.998. The summed E-state index contributed by atoms with van der Waals surface area (Å²) in [5, 5.41) is 8.50. The molecule has 1 saturated carbocycles. The standard InChI is InChI=1S/C10H17NO3/c11-8(6-9(12)13)10(14)7-4-2-1-3-5-7/h7-8H,1-6,11H2,(H,12,13). The van der Waals surface area contributed by atoms with Crippen molar-refractivity contribution in [2.45, 2.75) is 44.6 Å². The number of carbonyl (C=O) groups is 2. The Labute approximate surface area is 83.5 Å². The van der Waals surface area contributed by atoms with E-state index in [2.05, 4.69) is 0 Å². The summed E-state index contributed by atoms with van der Waals surface area (Å²) >= 11 is 0. The first-order valence-corrected chi connectivity index (χ1v) is 5.12. The lowest BCUT2D eigenvalue weighted by molar-refractivity contribution is -0.139. The van der Waals surface area contributed by atoms with E-state index in [1.54, 1.807) is 0 Å². The number of rotatable bonds is 4. The van der Waals surface area contributed by atoms with E-state index in [-0.39, 0.29) is 18.1 Å². The first-order valence-electron chi connectivity index (χ1n) is 5.12. The van der Waals surface area contributed by atoms with E-state index in [1.807, 2.05) is 0 Å². The molecule has 0 aromatic carbocycles. The SMILES string of the molecule is NC(CC(=O)O)C(=O)C1CCCCC1. The minimum absolute atomic E-state index is 0.0121. The topological polar surface area (TPSA) is 80.4 Å². The fraction of sp³-hybridized carbons (Fsp3) is 0.800. The van der Waals surface area contributed by atoms with E-state index in [0.29, 0.717) is 0 Å². The molecule has 0 heterocycles. The lowest BCUT2D eigenvalue weighted by Gasteiger charge is -2.22. The predicted octanol–water partition coefficient (Wildman–Crippen LogP) is 0.938. The van der Waals surface area contributed by atoms with Gasteiger partial charge in [0.15, 0.2) is 5.78 Å². The molecule has 0 amide bonds. The van der Waals surface area contributed by atoms with Gasteiger partial charge in [-0.2, -0.15) is 0 Å². The van der Waals surface area contributed by atoms with Gasteiger partial charge in [-0.3, -0.25) is 9.59 Å². The molecule has 1 atom stereocenters. The maximum Gasteiger partial charge on any atom is 0.305 e. The number of carboxylic acids is 1. The molecule has 0 aliphatic heterocycles. The Morgan fingerprint density at radius 2 is 1.86 bits per heavy atom. The molecule has 80 valence electrons. The predicted molar refractivity (Wildman–Crippen MR) is 51.8 cm³/mol. The third kappa shape index (κ3) is 3.10. The Kier molecular flexibility index (Phi) is 4.07. The fourth-order valence-electron chi connectivity index (χ4n) is 1.98. The Balaban J connectivity index is 2.42. The molecule has 0 aromatic rings. The monoisotopic (exact) mass is 199 g/mol. The normalized spacial score (nSPS) is 20.4. The van der Waals surface area contributed by atoms with Gasteiger partial charge < -0.3 is 10.8 Å². The molecule has 0 spiro atoms. The van der Waals surface area contributed by atoms with E-state index >= 15 is 0 Å². The van der Waals surface area contributed by atoms with Gasteiger partial charge in [-0.1, -0.05) is 19.3 Å². The summed E-state index contributed by atoms with van der Waals surface area (Å²) in [4.78, 5) is 22.0. The van der Waals surface area contributed by atoms with E-state index in [9.17, 15) is 9.59 Å². The van der Waals surface area contributed by atoms with Gasteiger partial charge >= 0.3 is 5.97 Å². The van der Waals surface area contributed by atoms with Crippen molar-refractivity contribution in [1.82, 2.24) is 0 Å². The summed E-state index contributed by atoms with van der Waals surface area (Å²) in [5.74, 6) is -1.05. The van der Waals surface area contributed by atoms with Crippen molar-refractivity contribution in [1.29, 1.82) is 0 Å². The zero-order chi connectivity index (χ0) is 10.6. The van der Waals surface area contributed by atoms with Crippen LogP contribution in [0.3, 0.4) is 0 Å². The molecule has 1 fully saturated rings. The van der Waals surface area contributed by atoms with Crippen LogP contribution in [-0.2, 0) is 9.59 Å². The number of hydrogen-bond acceptors (Lipinski definition) is 3. The summed E-state index contributed by atoms with van der Waals surface area (Å²) in [7, 11) is 0. The largest absolute Gasteiger partial charge is 0.481 e. The van der Waals surface area contributed by atoms with Crippen LogP contribution >= 0.6 is 0 Å². The van der Waals surface area contributed by atoms with Crippen LogP contribution < -0.4 is 5.73 Å². The molecule has 0 radical (unpaired) electrons. The molecule has 0 aromatic heterocycles. The van der Waals surface area contributed by atoms with Crippen molar-refractivity contribution in [2.75, 3.05) is 0 Å². The average Bonchev–Trinajstić information content (AvgIpc) is 2.17. The number of hydrogen-bond donors (Lipinski definition) is 2. The zero-order valence-corrected chi connectivity index (χ0v) is 8.24. The number of carbonyl (C=O) groups excluding carboxylic acids is 1. The van der Waals surface area contributed by atoms with Gasteiger partial charge in [0.05, 0.1) is 12.5 Å².